The van der Waals surface area contributed by atoms with Gasteiger partial charge in [0, 0.05) is 9.49 Å². The highest BCUT2D eigenvalue weighted by molar-refractivity contribution is 8.00. The topological polar surface area (TPSA) is 0 Å². The molecule has 0 fully saturated rings. The molecule has 0 heterocycles. The zero-order valence-electron chi connectivity index (χ0n) is 14.9. The Kier molecular flexibility index (Phi) is 11.7. The molecule has 0 amide bonds. The third kappa shape index (κ3) is 18.7. The van der Waals surface area contributed by atoms with E-state index in [4.69, 9.17) is 0 Å². The SMILES string of the molecule is CC(C)(C)SCCCCCCCCCCSC(C)(C)C. The van der Waals surface area contributed by atoms with Crippen molar-refractivity contribution in [2.45, 2.75) is 102 Å². The molecular weight excluding hydrogens is 280 g/mol. The van der Waals surface area contributed by atoms with Crippen LogP contribution in [0.25, 0.3) is 0 Å². The van der Waals surface area contributed by atoms with Crippen LogP contribution in [0.4, 0.5) is 0 Å². The molecule has 0 saturated heterocycles. The van der Waals surface area contributed by atoms with Crippen LogP contribution in [0.1, 0.15) is 92.9 Å². The normalized spacial score (nSPS) is 12.9. The summed E-state index contributed by atoms with van der Waals surface area (Å²) >= 11 is 4.22. The van der Waals surface area contributed by atoms with Crippen molar-refractivity contribution in [3.63, 3.8) is 0 Å². The largest absolute Gasteiger partial charge is 0.156 e. The Morgan fingerprint density at radius 1 is 0.450 bits per heavy atom. The highest BCUT2D eigenvalue weighted by Gasteiger charge is 2.09. The zero-order chi connectivity index (χ0) is 15.5. The van der Waals surface area contributed by atoms with Gasteiger partial charge in [0.05, 0.1) is 0 Å². The first-order chi connectivity index (χ1) is 9.21. The Morgan fingerprint density at radius 2 is 0.700 bits per heavy atom. The highest BCUT2D eigenvalue weighted by Crippen LogP contribution is 2.25. The van der Waals surface area contributed by atoms with Gasteiger partial charge in [-0.25, -0.2) is 0 Å². The van der Waals surface area contributed by atoms with Crippen LogP contribution in [0.5, 0.6) is 0 Å². The van der Waals surface area contributed by atoms with E-state index in [1.807, 2.05) is 0 Å². The van der Waals surface area contributed by atoms with Gasteiger partial charge in [-0.3, -0.25) is 0 Å². The fourth-order valence-corrected chi connectivity index (χ4v) is 3.94. The third-order valence-electron chi connectivity index (χ3n) is 3.11. The molecule has 0 aliphatic heterocycles. The van der Waals surface area contributed by atoms with Gasteiger partial charge in [-0.1, -0.05) is 80.1 Å². The van der Waals surface area contributed by atoms with E-state index in [0.717, 1.165) is 0 Å². The first-order valence-electron chi connectivity index (χ1n) is 8.49. The summed E-state index contributed by atoms with van der Waals surface area (Å²) in [5.41, 5.74) is 0. The minimum absolute atomic E-state index is 0.449. The average molecular weight is 319 g/mol. The fourth-order valence-electron chi connectivity index (χ4n) is 2.02. The summed E-state index contributed by atoms with van der Waals surface area (Å²) in [5, 5.41) is 0. The van der Waals surface area contributed by atoms with E-state index in [0.29, 0.717) is 9.49 Å². The lowest BCUT2D eigenvalue weighted by atomic mass is 10.1. The van der Waals surface area contributed by atoms with Gasteiger partial charge < -0.3 is 0 Å². The Labute approximate surface area is 137 Å². The highest BCUT2D eigenvalue weighted by atomic mass is 32.2. The fraction of sp³-hybridized carbons (Fsp3) is 1.00. The first kappa shape index (κ1) is 20.7. The second-order valence-corrected chi connectivity index (χ2v) is 11.6. The minimum Gasteiger partial charge on any atom is -0.156 e. The second kappa shape index (κ2) is 11.3. The number of hydrogen-bond donors (Lipinski definition) is 0. The summed E-state index contributed by atoms with van der Waals surface area (Å²) in [5.74, 6) is 2.68. The van der Waals surface area contributed by atoms with E-state index in [-0.39, 0.29) is 0 Å². The van der Waals surface area contributed by atoms with Crippen LogP contribution in [-0.2, 0) is 0 Å². The number of thioether (sulfide) groups is 2. The van der Waals surface area contributed by atoms with E-state index in [1.165, 1.54) is 62.9 Å². The van der Waals surface area contributed by atoms with E-state index in [1.54, 1.807) is 0 Å². The Morgan fingerprint density at radius 3 is 0.950 bits per heavy atom. The molecule has 0 N–H and O–H groups in total. The molecule has 0 aromatic rings. The molecule has 0 rings (SSSR count). The number of hydrogen-bond acceptors (Lipinski definition) is 2. The van der Waals surface area contributed by atoms with Gasteiger partial charge in [-0.15, -0.1) is 0 Å². The summed E-state index contributed by atoms with van der Waals surface area (Å²) in [6.07, 6.45) is 11.5. The minimum atomic E-state index is 0.449. The molecule has 20 heavy (non-hydrogen) atoms. The van der Waals surface area contributed by atoms with E-state index < -0.39 is 0 Å². The molecule has 0 aliphatic carbocycles. The van der Waals surface area contributed by atoms with E-state index in [9.17, 15) is 0 Å². The van der Waals surface area contributed by atoms with Crippen LogP contribution in [0.15, 0.2) is 0 Å². The first-order valence-corrected chi connectivity index (χ1v) is 10.5. The van der Waals surface area contributed by atoms with Crippen molar-refractivity contribution in [1.82, 2.24) is 0 Å². The maximum absolute atomic E-state index is 2.32. The predicted octanol–water partition coefficient (Wildman–Crippen LogP) is 7.17. The summed E-state index contributed by atoms with van der Waals surface area (Å²) in [6.45, 7) is 13.9. The standard InChI is InChI=1S/C18H38S2/c1-17(2,3)19-15-13-11-9-7-8-10-12-14-16-20-18(4,5)6/h7-16H2,1-6H3. The average Bonchev–Trinajstić information content (AvgIpc) is 2.27. The lowest BCUT2D eigenvalue weighted by molar-refractivity contribution is 0.587. The molecule has 0 unspecified atom stereocenters. The smallest absolute Gasteiger partial charge is 0.00750 e. The van der Waals surface area contributed by atoms with Gasteiger partial charge in [0.25, 0.3) is 0 Å². The molecule has 0 nitrogen and oxygen atoms in total. The monoisotopic (exact) mass is 318 g/mol. The molecule has 0 bridgehead atoms. The molecule has 0 aliphatic rings. The lowest BCUT2D eigenvalue weighted by Crippen LogP contribution is -2.08. The molecule has 0 atom stereocenters. The maximum atomic E-state index is 2.32. The van der Waals surface area contributed by atoms with Crippen LogP contribution >= 0.6 is 23.5 Å². The van der Waals surface area contributed by atoms with E-state index in [2.05, 4.69) is 65.1 Å². The Bertz CT molecular complexity index is 186. The number of rotatable bonds is 11. The van der Waals surface area contributed by atoms with Crippen molar-refractivity contribution in [3.8, 4) is 0 Å². The molecule has 2 heteroatoms. The van der Waals surface area contributed by atoms with Gasteiger partial charge in [-0.2, -0.15) is 23.5 Å². The summed E-state index contributed by atoms with van der Waals surface area (Å²) in [4.78, 5) is 0. The van der Waals surface area contributed by atoms with Crippen molar-refractivity contribution >= 4 is 23.5 Å². The predicted molar refractivity (Wildman–Crippen MR) is 101 cm³/mol. The van der Waals surface area contributed by atoms with Crippen LogP contribution < -0.4 is 0 Å². The van der Waals surface area contributed by atoms with Crippen molar-refractivity contribution < 1.29 is 0 Å². The summed E-state index contributed by atoms with van der Waals surface area (Å²) < 4.78 is 0.899. The van der Waals surface area contributed by atoms with Crippen LogP contribution in [0.2, 0.25) is 0 Å². The second-order valence-electron chi connectivity index (χ2n) is 7.75. The maximum Gasteiger partial charge on any atom is 0.00750 e. The van der Waals surface area contributed by atoms with Gasteiger partial charge >= 0.3 is 0 Å². The van der Waals surface area contributed by atoms with Gasteiger partial charge in [0.1, 0.15) is 0 Å². The van der Waals surface area contributed by atoms with Crippen molar-refractivity contribution in [2.75, 3.05) is 11.5 Å². The molecule has 0 radical (unpaired) electrons. The quantitative estimate of drug-likeness (QED) is 0.370. The molecule has 122 valence electrons. The van der Waals surface area contributed by atoms with Crippen LogP contribution in [0, 0.1) is 0 Å². The summed E-state index contributed by atoms with van der Waals surface area (Å²) in [7, 11) is 0. The Hall–Kier alpha value is 0.700. The van der Waals surface area contributed by atoms with Gasteiger partial charge in [-0.05, 0) is 24.3 Å². The molecule has 0 spiro atoms. The van der Waals surface area contributed by atoms with Crippen molar-refractivity contribution in [1.29, 1.82) is 0 Å². The zero-order valence-corrected chi connectivity index (χ0v) is 16.5. The lowest BCUT2D eigenvalue weighted by Gasteiger charge is -2.17. The molecule has 0 saturated carbocycles. The third-order valence-corrected chi connectivity index (χ3v) is 5.83. The molecular formula is C18H38S2. The van der Waals surface area contributed by atoms with Gasteiger partial charge in [0.15, 0.2) is 0 Å². The van der Waals surface area contributed by atoms with Gasteiger partial charge in [0.2, 0.25) is 0 Å². The van der Waals surface area contributed by atoms with Crippen LogP contribution in [0.3, 0.4) is 0 Å². The Balaban J connectivity index is 3.10. The van der Waals surface area contributed by atoms with Crippen molar-refractivity contribution in [3.05, 3.63) is 0 Å². The molecule has 0 aromatic heterocycles. The van der Waals surface area contributed by atoms with E-state index >= 15 is 0 Å². The van der Waals surface area contributed by atoms with Crippen molar-refractivity contribution in [2.24, 2.45) is 0 Å². The summed E-state index contributed by atoms with van der Waals surface area (Å²) in [6, 6.07) is 0. The molecule has 0 aromatic carbocycles. The van der Waals surface area contributed by atoms with Crippen LogP contribution in [-0.4, -0.2) is 21.0 Å². The number of unbranched alkanes of at least 4 members (excludes halogenated alkanes) is 7.